The van der Waals surface area contributed by atoms with Gasteiger partial charge in [0, 0.05) is 23.5 Å². The third kappa shape index (κ3) is 2.91. The molecule has 0 amide bonds. The minimum absolute atomic E-state index is 0.613. The van der Waals surface area contributed by atoms with E-state index in [4.69, 9.17) is 9.26 Å². The molecule has 0 aliphatic carbocycles. The Bertz CT molecular complexity index is 730. The maximum absolute atomic E-state index is 5.66. The van der Waals surface area contributed by atoms with E-state index in [1.54, 1.807) is 0 Å². The number of hydrogen-bond donors (Lipinski definition) is 0. The highest BCUT2D eigenvalue weighted by Gasteiger charge is 2.08. The molecule has 0 unspecified atom stereocenters. The molecule has 0 bridgehead atoms. The first-order valence-corrected chi connectivity index (χ1v) is 7.33. The molecule has 3 rings (SSSR count). The van der Waals surface area contributed by atoms with Crippen LogP contribution in [-0.4, -0.2) is 21.3 Å². The van der Waals surface area contributed by atoms with Crippen LogP contribution in [0, 0.1) is 0 Å². The van der Waals surface area contributed by atoms with Gasteiger partial charge in [-0.1, -0.05) is 19.0 Å². The number of nitrogens with zero attached hydrogens (tertiary/aromatic N) is 3. The molecule has 0 aliphatic heterocycles. The Hall–Kier alpha value is -2.30. The van der Waals surface area contributed by atoms with Crippen LogP contribution in [0.4, 0.5) is 0 Å². The topological polar surface area (TPSA) is 53.1 Å². The van der Waals surface area contributed by atoms with Gasteiger partial charge in [0.2, 0.25) is 5.89 Å². The Morgan fingerprint density at radius 1 is 1.24 bits per heavy atom. The number of aryl methyl sites for hydroxylation is 1. The molecule has 3 aromatic rings. The van der Waals surface area contributed by atoms with Gasteiger partial charge in [-0.2, -0.15) is 4.98 Å². The Balaban J connectivity index is 1.82. The Morgan fingerprint density at radius 2 is 2.14 bits per heavy atom. The zero-order chi connectivity index (χ0) is 14.7. The first-order chi connectivity index (χ1) is 10.3. The van der Waals surface area contributed by atoms with E-state index < -0.39 is 0 Å². The number of ether oxygens (including phenoxy) is 1. The van der Waals surface area contributed by atoms with Crippen LogP contribution in [0.2, 0.25) is 0 Å². The van der Waals surface area contributed by atoms with Crippen LogP contribution in [0.3, 0.4) is 0 Å². The van der Waals surface area contributed by atoms with Gasteiger partial charge < -0.3 is 13.8 Å². The first kappa shape index (κ1) is 13.7. The fourth-order valence-electron chi connectivity index (χ4n) is 2.28. The van der Waals surface area contributed by atoms with Gasteiger partial charge in [0.25, 0.3) is 0 Å². The smallest absolute Gasteiger partial charge is 0.226 e. The van der Waals surface area contributed by atoms with Crippen molar-refractivity contribution in [3.05, 3.63) is 42.2 Å². The molecule has 5 nitrogen and oxygen atoms in total. The lowest BCUT2D eigenvalue weighted by Crippen LogP contribution is -2.00. The Kier molecular flexibility index (Phi) is 3.90. The van der Waals surface area contributed by atoms with Gasteiger partial charge in [-0.15, -0.1) is 0 Å². The molecule has 110 valence electrons. The predicted molar refractivity (Wildman–Crippen MR) is 80.5 cm³/mol. The second kappa shape index (κ2) is 5.99. The summed E-state index contributed by atoms with van der Waals surface area (Å²) in [6, 6.07) is 8.22. The van der Waals surface area contributed by atoms with Crippen molar-refractivity contribution in [3.63, 3.8) is 0 Å². The molecule has 1 aromatic carbocycles. The zero-order valence-electron chi connectivity index (χ0n) is 12.4. The number of fused-ring (bicyclic) bond motifs is 1. The van der Waals surface area contributed by atoms with Gasteiger partial charge in [-0.3, -0.25) is 0 Å². The fraction of sp³-hybridized carbons (Fsp3) is 0.375. The molecular formula is C16H19N3O2. The summed E-state index contributed by atoms with van der Waals surface area (Å²) in [5.41, 5.74) is 1.14. The summed E-state index contributed by atoms with van der Waals surface area (Å²) in [5.74, 6) is 2.29. The highest BCUT2D eigenvalue weighted by Crippen LogP contribution is 2.22. The van der Waals surface area contributed by atoms with Crippen molar-refractivity contribution < 1.29 is 9.26 Å². The van der Waals surface area contributed by atoms with Crippen molar-refractivity contribution in [1.82, 2.24) is 14.7 Å². The molecule has 2 aromatic heterocycles. The van der Waals surface area contributed by atoms with Crippen molar-refractivity contribution in [2.45, 2.75) is 33.2 Å². The number of hydrogen-bond acceptors (Lipinski definition) is 4. The zero-order valence-corrected chi connectivity index (χ0v) is 12.4. The van der Waals surface area contributed by atoms with Crippen LogP contribution < -0.4 is 4.74 Å². The van der Waals surface area contributed by atoms with Crippen LogP contribution in [-0.2, 0) is 13.0 Å². The number of rotatable bonds is 6. The minimum atomic E-state index is 0.613. The van der Waals surface area contributed by atoms with E-state index >= 15 is 0 Å². The van der Waals surface area contributed by atoms with Gasteiger partial charge in [0.05, 0.1) is 13.2 Å². The van der Waals surface area contributed by atoms with E-state index in [2.05, 4.69) is 39.8 Å². The average molecular weight is 285 g/mol. The lowest BCUT2D eigenvalue weighted by Gasteiger charge is -2.05. The molecule has 21 heavy (non-hydrogen) atoms. The van der Waals surface area contributed by atoms with E-state index in [0.717, 1.165) is 36.1 Å². The van der Waals surface area contributed by atoms with E-state index in [1.807, 2.05) is 19.2 Å². The highest BCUT2D eigenvalue weighted by atomic mass is 16.5. The summed E-state index contributed by atoms with van der Waals surface area (Å²) < 4.78 is 12.9. The summed E-state index contributed by atoms with van der Waals surface area (Å²) >= 11 is 0. The lowest BCUT2D eigenvalue weighted by atomic mass is 10.2. The number of aromatic nitrogens is 3. The molecule has 0 saturated heterocycles. The van der Waals surface area contributed by atoms with Gasteiger partial charge in [-0.05, 0) is 30.7 Å². The van der Waals surface area contributed by atoms with Crippen molar-refractivity contribution in [2.24, 2.45) is 0 Å². The van der Waals surface area contributed by atoms with Crippen LogP contribution in [0.5, 0.6) is 5.75 Å². The molecule has 0 saturated carbocycles. The quantitative estimate of drug-likeness (QED) is 0.696. The average Bonchev–Trinajstić information content (AvgIpc) is 3.12. The van der Waals surface area contributed by atoms with E-state index in [9.17, 15) is 0 Å². The van der Waals surface area contributed by atoms with Crippen LogP contribution in [0.1, 0.15) is 32.0 Å². The van der Waals surface area contributed by atoms with Crippen LogP contribution in [0.25, 0.3) is 10.9 Å². The second-order valence-electron chi connectivity index (χ2n) is 4.97. The molecule has 2 heterocycles. The van der Waals surface area contributed by atoms with Crippen molar-refractivity contribution >= 4 is 10.9 Å². The summed E-state index contributed by atoms with van der Waals surface area (Å²) in [4.78, 5) is 4.35. The van der Waals surface area contributed by atoms with Crippen LogP contribution in [0.15, 0.2) is 35.0 Å². The fourth-order valence-corrected chi connectivity index (χ4v) is 2.28. The second-order valence-corrected chi connectivity index (χ2v) is 4.97. The molecule has 0 spiro atoms. The Morgan fingerprint density at radius 3 is 2.90 bits per heavy atom. The Labute approximate surface area is 123 Å². The summed E-state index contributed by atoms with van der Waals surface area (Å²) in [7, 11) is 0. The molecule has 0 N–H and O–H groups in total. The highest BCUT2D eigenvalue weighted by molar-refractivity contribution is 5.81. The maximum Gasteiger partial charge on any atom is 0.226 e. The van der Waals surface area contributed by atoms with E-state index in [-0.39, 0.29) is 0 Å². The predicted octanol–water partition coefficient (Wildman–Crippen LogP) is 3.42. The van der Waals surface area contributed by atoms with E-state index in [0.29, 0.717) is 18.3 Å². The molecule has 0 fully saturated rings. The molecule has 0 aliphatic rings. The maximum atomic E-state index is 5.66. The van der Waals surface area contributed by atoms with Gasteiger partial charge in [-0.25, -0.2) is 0 Å². The molecule has 5 heteroatoms. The normalized spacial score (nSPS) is 11.1. The van der Waals surface area contributed by atoms with E-state index in [1.165, 1.54) is 0 Å². The molecule has 0 radical (unpaired) electrons. The third-order valence-electron chi connectivity index (χ3n) is 3.34. The molecular weight excluding hydrogens is 266 g/mol. The molecule has 0 atom stereocenters. The minimum Gasteiger partial charge on any atom is -0.494 e. The first-order valence-electron chi connectivity index (χ1n) is 7.33. The standard InChI is InChI=1S/C16H19N3O2/c1-3-9-20-13-5-6-14-12(10-13)7-8-19(14)11-15-17-16(4-2)21-18-15/h5-8,10H,3-4,9,11H2,1-2H3. The van der Waals surface area contributed by atoms with Crippen molar-refractivity contribution in [2.75, 3.05) is 6.61 Å². The monoisotopic (exact) mass is 285 g/mol. The van der Waals surface area contributed by atoms with Gasteiger partial charge >= 0.3 is 0 Å². The number of benzene rings is 1. The van der Waals surface area contributed by atoms with Crippen LogP contribution >= 0.6 is 0 Å². The SMILES string of the molecule is CCCOc1ccc2c(ccn2Cc2noc(CC)n2)c1. The summed E-state index contributed by atoms with van der Waals surface area (Å²) in [6.07, 6.45) is 3.81. The van der Waals surface area contributed by atoms with Crippen molar-refractivity contribution in [3.8, 4) is 5.75 Å². The van der Waals surface area contributed by atoms with Crippen molar-refractivity contribution in [1.29, 1.82) is 0 Å². The largest absolute Gasteiger partial charge is 0.494 e. The summed E-state index contributed by atoms with van der Waals surface area (Å²) in [6.45, 7) is 5.46. The van der Waals surface area contributed by atoms with Gasteiger partial charge in [0.1, 0.15) is 5.75 Å². The lowest BCUT2D eigenvalue weighted by molar-refractivity contribution is 0.318. The van der Waals surface area contributed by atoms with Gasteiger partial charge in [0.15, 0.2) is 5.82 Å². The summed E-state index contributed by atoms with van der Waals surface area (Å²) in [5, 5.41) is 5.15. The third-order valence-corrected chi connectivity index (χ3v) is 3.34.